The molecular formula is C11H10F2N2O4. The van der Waals surface area contributed by atoms with Crippen LogP contribution in [0.4, 0.5) is 14.5 Å². The summed E-state index contributed by atoms with van der Waals surface area (Å²) in [6, 6.07) is 0.878. The van der Waals surface area contributed by atoms with Crippen LogP contribution in [-0.4, -0.2) is 39.5 Å². The summed E-state index contributed by atoms with van der Waals surface area (Å²) in [6.45, 7) is 1.51. The zero-order valence-electron chi connectivity index (χ0n) is 9.89. The van der Waals surface area contributed by atoms with E-state index in [1.54, 1.807) is 0 Å². The minimum Gasteiger partial charge on any atom is -0.386 e. The van der Waals surface area contributed by atoms with Gasteiger partial charge in [-0.2, -0.15) is 4.39 Å². The van der Waals surface area contributed by atoms with E-state index in [4.69, 9.17) is 0 Å². The van der Waals surface area contributed by atoms with Gasteiger partial charge in [-0.25, -0.2) is 4.39 Å². The van der Waals surface area contributed by atoms with Gasteiger partial charge in [-0.1, -0.05) is 0 Å². The van der Waals surface area contributed by atoms with Crippen molar-refractivity contribution in [1.29, 1.82) is 0 Å². The quantitative estimate of drug-likeness (QED) is 0.645. The van der Waals surface area contributed by atoms with Gasteiger partial charge in [-0.05, 0) is 13.0 Å². The van der Waals surface area contributed by atoms with E-state index in [1.165, 1.54) is 6.92 Å². The molecule has 8 heteroatoms. The Morgan fingerprint density at radius 1 is 1.42 bits per heavy atom. The zero-order valence-corrected chi connectivity index (χ0v) is 9.89. The van der Waals surface area contributed by atoms with Gasteiger partial charge in [0.05, 0.1) is 35.2 Å². The molecule has 1 aliphatic heterocycles. The van der Waals surface area contributed by atoms with Crippen LogP contribution in [0.3, 0.4) is 0 Å². The maximum absolute atomic E-state index is 13.6. The lowest BCUT2D eigenvalue weighted by Crippen LogP contribution is -2.61. The molecule has 1 heterocycles. The Balaban J connectivity index is 2.29. The molecule has 0 spiro atoms. The number of nitro groups is 1. The highest BCUT2D eigenvalue weighted by atomic mass is 19.1. The van der Waals surface area contributed by atoms with Gasteiger partial charge >= 0.3 is 5.69 Å². The van der Waals surface area contributed by atoms with Gasteiger partial charge in [-0.3, -0.25) is 14.9 Å². The number of nitrogens with zero attached hydrogens (tertiary/aromatic N) is 2. The number of hydrogen-bond acceptors (Lipinski definition) is 4. The molecule has 0 aromatic heterocycles. The van der Waals surface area contributed by atoms with Crippen molar-refractivity contribution in [3.05, 3.63) is 39.4 Å². The summed E-state index contributed by atoms with van der Waals surface area (Å²) in [5.74, 6) is -3.25. The fourth-order valence-corrected chi connectivity index (χ4v) is 1.93. The van der Waals surface area contributed by atoms with Crippen molar-refractivity contribution >= 4 is 11.6 Å². The number of hydrogen-bond donors (Lipinski definition) is 1. The molecule has 6 nitrogen and oxygen atoms in total. The maximum atomic E-state index is 13.6. The van der Waals surface area contributed by atoms with Gasteiger partial charge in [0.2, 0.25) is 5.82 Å². The molecule has 102 valence electrons. The Bertz CT molecular complexity index is 566. The lowest BCUT2D eigenvalue weighted by atomic mass is 9.96. The van der Waals surface area contributed by atoms with Crippen LogP contribution in [-0.2, 0) is 0 Å². The molecule has 2 rings (SSSR count). The number of aliphatic hydroxyl groups is 1. The van der Waals surface area contributed by atoms with E-state index in [0.717, 1.165) is 4.90 Å². The van der Waals surface area contributed by atoms with Crippen molar-refractivity contribution in [3.63, 3.8) is 0 Å². The fraction of sp³-hybridized carbons (Fsp3) is 0.364. The number of likely N-dealkylation sites (tertiary alicyclic amines) is 1. The van der Waals surface area contributed by atoms with E-state index in [0.29, 0.717) is 12.1 Å². The Kier molecular flexibility index (Phi) is 2.97. The van der Waals surface area contributed by atoms with Crippen LogP contribution < -0.4 is 0 Å². The number of amides is 1. The second-order valence-electron chi connectivity index (χ2n) is 4.70. The minimum absolute atomic E-state index is 0.00385. The summed E-state index contributed by atoms with van der Waals surface area (Å²) in [5.41, 5.74) is -2.64. The highest BCUT2D eigenvalue weighted by Gasteiger charge is 2.40. The van der Waals surface area contributed by atoms with Crippen LogP contribution in [0.1, 0.15) is 17.3 Å². The molecule has 0 radical (unpaired) electrons. The summed E-state index contributed by atoms with van der Waals surface area (Å²) >= 11 is 0. The SMILES string of the molecule is CC1(O)CN(C(=O)c2cc(F)c([N+](=O)[O-])cc2F)C1. The molecule has 0 atom stereocenters. The molecule has 0 bridgehead atoms. The highest BCUT2D eigenvalue weighted by molar-refractivity contribution is 5.95. The fourth-order valence-electron chi connectivity index (χ4n) is 1.93. The average molecular weight is 272 g/mol. The lowest BCUT2D eigenvalue weighted by Gasteiger charge is -2.44. The molecule has 0 unspecified atom stereocenters. The topological polar surface area (TPSA) is 83.7 Å². The van der Waals surface area contributed by atoms with Crippen molar-refractivity contribution in [2.45, 2.75) is 12.5 Å². The zero-order chi connectivity index (χ0) is 14.4. The number of rotatable bonds is 2. The Morgan fingerprint density at radius 2 is 2.00 bits per heavy atom. The van der Waals surface area contributed by atoms with Gasteiger partial charge in [0.15, 0.2) is 0 Å². The van der Waals surface area contributed by atoms with Crippen molar-refractivity contribution in [3.8, 4) is 0 Å². The normalized spacial score (nSPS) is 16.9. The van der Waals surface area contributed by atoms with E-state index in [2.05, 4.69) is 0 Å². The molecule has 0 saturated carbocycles. The molecule has 19 heavy (non-hydrogen) atoms. The standard InChI is InChI=1S/C11H10F2N2O4/c1-11(17)4-14(5-11)10(16)6-2-8(13)9(15(18)19)3-7(6)12/h2-3,17H,4-5H2,1H3. The number of carbonyl (C=O) groups is 1. The first-order valence-electron chi connectivity index (χ1n) is 5.36. The Labute approximate surface area is 106 Å². The van der Waals surface area contributed by atoms with Crippen molar-refractivity contribution in [1.82, 2.24) is 4.90 Å². The first kappa shape index (κ1) is 13.3. The Morgan fingerprint density at radius 3 is 2.47 bits per heavy atom. The summed E-state index contributed by atoms with van der Waals surface area (Å²) in [6.07, 6.45) is 0. The maximum Gasteiger partial charge on any atom is 0.307 e. The highest BCUT2D eigenvalue weighted by Crippen LogP contribution is 2.26. The Hall–Kier alpha value is -2.09. The monoisotopic (exact) mass is 272 g/mol. The van der Waals surface area contributed by atoms with Crippen molar-refractivity contribution in [2.24, 2.45) is 0 Å². The van der Waals surface area contributed by atoms with Crippen LogP contribution >= 0.6 is 0 Å². The molecular weight excluding hydrogens is 262 g/mol. The van der Waals surface area contributed by atoms with Gasteiger partial charge in [0.1, 0.15) is 5.82 Å². The van der Waals surface area contributed by atoms with Gasteiger partial charge in [-0.15, -0.1) is 0 Å². The smallest absolute Gasteiger partial charge is 0.307 e. The van der Waals surface area contributed by atoms with Gasteiger partial charge in [0, 0.05) is 0 Å². The second kappa shape index (κ2) is 4.23. The largest absolute Gasteiger partial charge is 0.386 e. The number of benzene rings is 1. The number of halogens is 2. The third-order valence-electron chi connectivity index (χ3n) is 2.81. The van der Waals surface area contributed by atoms with Crippen LogP contribution in [0.15, 0.2) is 12.1 Å². The number of carbonyl (C=O) groups excluding carboxylic acids is 1. The molecule has 1 aliphatic rings. The minimum atomic E-state index is -1.28. The molecule has 1 amide bonds. The summed E-state index contributed by atoms with van der Waals surface area (Å²) in [5, 5.41) is 19.9. The van der Waals surface area contributed by atoms with E-state index < -0.39 is 39.3 Å². The van der Waals surface area contributed by atoms with E-state index in [1.807, 2.05) is 0 Å². The first-order valence-corrected chi connectivity index (χ1v) is 5.36. The van der Waals surface area contributed by atoms with Crippen LogP contribution in [0.25, 0.3) is 0 Å². The van der Waals surface area contributed by atoms with Crippen LogP contribution in [0.2, 0.25) is 0 Å². The number of β-amino-alcohol motifs (C(OH)–C–C–N with tert-alkyl or cyclic N) is 1. The van der Waals surface area contributed by atoms with E-state index in [9.17, 15) is 28.8 Å². The number of nitro benzene ring substituents is 1. The molecule has 1 saturated heterocycles. The third-order valence-corrected chi connectivity index (χ3v) is 2.81. The molecule has 1 N–H and O–H groups in total. The van der Waals surface area contributed by atoms with Gasteiger partial charge in [0.25, 0.3) is 5.91 Å². The summed E-state index contributed by atoms with van der Waals surface area (Å²) in [7, 11) is 0. The third kappa shape index (κ3) is 2.39. The van der Waals surface area contributed by atoms with Gasteiger partial charge < -0.3 is 10.0 Å². The first-order chi connectivity index (χ1) is 8.71. The predicted molar refractivity (Wildman–Crippen MR) is 59.5 cm³/mol. The molecule has 1 aromatic rings. The molecule has 0 aliphatic carbocycles. The second-order valence-corrected chi connectivity index (χ2v) is 4.70. The van der Waals surface area contributed by atoms with Crippen molar-refractivity contribution < 1.29 is 23.6 Å². The summed E-state index contributed by atoms with van der Waals surface area (Å²) in [4.78, 5) is 22.3. The van der Waals surface area contributed by atoms with E-state index >= 15 is 0 Å². The average Bonchev–Trinajstić information content (AvgIpc) is 2.27. The summed E-state index contributed by atoms with van der Waals surface area (Å²) < 4.78 is 26.9. The molecule has 1 aromatic carbocycles. The van der Waals surface area contributed by atoms with Crippen molar-refractivity contribution in [2.75, 3.05) is 13.1 Å². The predicted octanol–water partition coefficient (Wildman–Crippen LogP) is 1.08. The van der Waals surface area contributed by atoms with E-state index in [-0.39, 0.29) is 13.1 Å². The molecule has 1 fully saturated rings. The van der Waals surface area contributed by atoms with Crippen LogP contribution in [0, 0.1) is 21.7 Å². The van der Waals surface area contributed by atoms with Crippen LogP contribution in [0.5, 0.6) is 0 Å². The lowest BCUT2D eigenvalue weighted by molar-refractivity contribution is -0.387.